The van der Waals surface area contributed by atoms with E-state index in [9.17, 15) is 18.0 Å². The van der Waals surface area contributed by atoms with Gasteiger partial charge in [0, 0.05) is 6.04 Å². The number of hydrogen-bond donors (Lipinski definition) is 1. The Kier molecular flexibility index (Phi) is 5.00. The van der Waals surface area contributed by atoms with Gasteiger partial charge in [-0.3, -0.25) is 9.59 Å². The van der Waals surface area contributed by atoms with Gasteiger partial charge in [0.15, 0.2) is 0 Å². The SMILES string of the molecule is COC(=O)C1(c2ccc(S(=O)(=O)N(CC(=O)O)C(C)C)cc2)CC1. The number of sulfonamides is 1. The van der Waals surface area contributed by atoms with Crippen molar-refractivity contribution in [2.24, 2.45) is 0 Å². The molecule has 1 N–H and O–H groups in total. The molecule has 1 saturated carbocycles. The van der Waals surface area contributed by atoms with Crippen LogP contribution in [0.15, 0.2) is 29.2 Å². The summed E-state index contributed by atoms with van der Waals surface area (Å²) >= 11 is 0. The number of hydrogen-bond acceptors (Lipinski definition) is 5. The largest absolute Gasteiger partial charge is 0.480 e. The van der Waals surface area contributed by atoms with Crippen LogP contribution in [0.4, 0.5) is 0 Å². The number of benzene rings is 1. The van der Waals surface area contributed by atoms with Crippen molar-refractivity contribution in [1.29, 1.82) is 0 Å². The van der Waals surface area contributed by atoms with Gasteiger partial charge in [-0.25, -0.2) is 8.42 Å². The highest BCUT2D eigenvalue weighted by molar-refractivity contribution is 7.89. The maximum atomic E-state index is 12.6. The summed E-state index contributed by atoms with van der Waals surface area (Å²) in [6, 6.07) is 5.51. The topological polar surface area (TPSA) is 101 Å². The lowest BCUT2D eigenvalue weighted by Crippen LogP contribution is -2.40. The summed E-state index contributed by atoms with van der Waals surface area (Å²) in [6.07, 6.45) is 1.34. The molecule has 0 saturated heterocycles. The van der Waals surface area contributed by atoms with Crippen LogP contribution in [-0.4, -0.2) is 49.5 Å². The van der Waals surface area contributed by atoms with E-state index in [-0.39, 0.29) is 10.9 Å². The number of esters is 1. The van der Waals surface area contributed by atoms with Crippen molar-refractivity contribution in [1.82, 2.24) is 4.31 Å². The number of aliphatic carboxylic acids is 1. The molecule has 7 nitrogen and oxygen atoms in total. The molecule has 0 atom stereocenters. The molecular formula is C16H21NO6S. The Hall–Kier alpha value is -1.93. The van der Waals surface area contributed by atoms with Crippen molar-refractivity contribution in [3.05, 3.63) is 29.8 Å². The van der Waals surface area contributed by atoms with Crippen LogP contribution < -0.4 is 0 Å². The van der Waals surface area contributed by atoms with Crippen molar-refractivity contribution in [2.75, 3.05) is 13.7 Å². The fourth-order valence-corrected chi connectivity index (χ4v) is 4.28. The Morgan fingerprint density at radius 1 is 1.25 bits per heavy atom. The number of carboxylic acids is 1. The van der Waals surface area contributed by atoms with Gasteiger partial charge in [0.1, 0.15) is 6.54 Å². The Morgan fingerprint density at radius 2 is 1.79 bits per heavy atom. The lowest BCUT2D eigenvalue weighted by Gasteiger charge is -2.24. The number of carboxylic acid groups (broad SMARTS) is 1. The fourth-order valence-electron chi connectivity index (χ4n) is 2.69. The van der Waals surface area contributed by atoms with E-state index in [2.05, 4.69) is 0 Å². The number of carbonyl (C=O) groups is 2. The van der Waals surface area contributed by atoms with E-state index in [4.69, 9.17) is 9.84 Å². The first-order valence-corrected chi connectivity index (χ1v) is 9.02. The first-order chi connectivity index (χ1) is 11.1. The lowest BCUT2D eigenvalue weighted by molar-refractivity contribution is -0.143. The van der Waals surface area contributed by atoms with E-state index in [0.29, 0.717) is 18.4 Å². The van der Waals surface area contributed by atoms with E-state index in [1.54, 1.807) is 26.0 Å². The average Bonchev–Trinajstić information content (AvgIpc) is 3.33. The Morgan fingerprint density at radius 3 is 2.17 bits per heavy atom. The molecule has 1 aliphatic carbocycles. The summed E-state index contributed by atoms with van der Waals surface area (Å²) in [5.74, 6) is -1.54. The van der Waals surface area contributed by atoms with Crippen LogP contribution in [0, 0.1) is 0 Å². The molecular weight excluding hydrogens is 334 g/mol. The molecule has 0 radical (unpaired) electrons. The van der Waals surface area contributed by atoms with E-state index >= 15 is 0 Å². The first-order valence-electron chi connectivity index (χ1n) is 7.58. The molecule has 24 heavy (non-hydrogen) atoms. The van der Waals surface area contributed by atoms with Crippen LogP contribution in [0.2, 0.25) is 0 Å². The average molecular weight is 355 g/mol. The van der Waals surface area contributed by atoms with E-state index < -0.39 is 34.0 Å². The molecule has 1 aromatic rings. The molecule has 1 fully saturated rings. The van der Waals surface area contributed by atoms with Crippen molar-refractivity contribution in [3.8, 4) is 0 Å². The Bertz CT molecular complexity index is 734. The molecule has 0 unspecified atom stereocenters. The summed E-state index contributed by atoms with van der Waals surface area (Å²) in [5.41, 5.74) is 0.0400. The van der Waals surface area contributed by atoms with Gasteiger partial charge in [-0.05, 0) is 44.4 Å². The van der Waals surface area contributed by atoms with Gasteiger partial charge in [0.25, 0.3) is 0 Å². The Labute approximate surface area is 141 Å². The quantitative estimate of drug-likeness (QED) is 0.742. The zero-order valence-corrected chi connectivity index (χ0v) is 14.7. The molecule has 0 bridgehead atoms. The highest BCUT2D eigenvalue weighted by atomic mass is 32.2. The van der Waals surface area contributed by atoms with Gasteiger partial charge < -0.3 is 9.84 Å². The number of methoxy groups -OCH3 is 1. The first kappa shape index (κ1) is 18.4. The number of nitrogens with zero attached hydrogens (tertiary/aromatic N) is 1. The molecule has 0 aromatic heterocycles. The van der Waals surface area contributed by atoms with Crippen LogP contribution in [0.25, 0.3) is 0 Å². The normalized spacial score (nSPS) is 16.2. The second kappa shape index (κ2) is 6.52. The number of ether oxygens (including phenoxy) is 1. The molecule has 1 aliphatic rings. The van der Waals surface area contributed by atoms with Crippen LogP contribution in [-0.2, 0) is 29.8 Å². The Balaban J connectivity index is 2.32. The van der Waals surface area contributed by atoms with Crippen molar-refractivity contribution >= 4 is 22.0 Å². The zero-order chi connectivity index (χ0) is 18.1. The van der Waals surface area contributed by atoms with Crippen LogP contribution in [0.5, 0.6) is 0 Å². The number of carbonyl (C=O) groups excluding carboxylic acids is 1. The van der Waals surface area contributed by atoms with Gasteiger partial charge in [0.2, 0.25) is 10.0 Å². The van der Waals surface area contributed by atoms with Crippen LogP contribution in [0.3, 0.4) is 0 Å². The molecule has 0 spiro atoms. The van der Waals surface area contributed by atoms with Gasteiger partial charge >= 0.3 is 11.9 Å². The predicted octanol–water partition coefficient (Wildman–Crippen LogP) is 1.37. The third-order valence-electron chi connectivity index (χ3n) is 4.21. The van der Waals surface area contributed by atoms with E-state index in [0.717, 1.165) is 4.31 Å². The van der Waals surface area contributed by atoms with Gasteiger partial charge in [-0.2, -0.15) is 4.31 Å². The summed E-state index contributed by atoms with van der Waals surface area (Å²) in [7, 11) is -2.60. The highest BCUT2D eigenvalue weighted by Gasteiger charge is 2.52. The maximum absolute atomic E-state index is 12.6. The van der Waals surface area contributed by atoms with E-state index in [1.165, 1.54) is 19.2 Å². The molecule has 0 heterocycles. The van der Waals surface area contributed by atoms with Gasteiger partial charge in [-0.15, -0.1) is 0 Å². The minimum atomic E-state index is -3.93. The molecule has 0 aliphatic heterocycles. The zero-order valence-electron chi connectivity index (χ0n) is 13.9. The molecule has 132 valence electrons. The predicted molar refractivity (Wildman–Crippen MR) is 86.0 cm³/mol. The summed E-state index contributed by atoms with van der Waals surface area (Å²) in [6.45, 7) is 2.63. The smallest absolute Gasteiger partial charge is 0.318 e. The van der Waals surface area contributed by atoms with Gasteiger partial charge in [-0.1, -0.05) is 12.1 Å². The lowest BCUT2D eigenvalue weighted by atomic mass is 9.96. The standard InChI is InChI=1S/C16H21NO6S/c1-11(2)17(10-14(18)19)24(21,22)13-6-4-12(5-7-13)16(8-9-16)15(20)23-3/h4-7,11H,8-10H2,1-3H3,(H,18,19). The maximum Gasteiger partial charge on any atom is 0.318 e. The summed E-state index contributed by atoms with van der Waals surface area (Å²) in [4.78, 5) is 22.8. The minimum Gasteiger partial charge on any atom is -0.480 e. The third kappa shape index (κ3) is 3.29. The second-order valence-electron chi connectivity index (χ2n) is 6.14. The van der Waals surface area contributed by atoms with Gasteiger partial charge in [0.05, 0.1) is 17.4 Å². The second-order valence-corrected chi connectivity index (χ2v) is 8.03. The van der Waals surface area contributed by atoms with Crippen LogP contribution >= 0.6 is 0 Å². The molecule has 8 heteroatoms. The van der Waals surface area contributed by atoms with Crippen LogP contribution in [0.1, 0.15) is 32.3 Å². The van der Waals surface area contributed by atoms with Crippen molar-refractivity contribution in [3.63, 3.8) is 0 Å². The molecule has 0 amide bonds. The number of rotatable bonds is 7. The summed E-state index contributed by atoms with van der Waals surface area (Å²) in [5, 5.41) is 8.93. The molecule has 2 rings (SSSR count). The van der Waals surface area contributed by atoms with Crippen molar-refractivity contribution < 1.29 is 27.9 Å². The highest BCUT2D eigenvalue weighted by Crippen LogP contribution is 2.49. The minimum absolute atomic E-state index is 0.00173. The van der Waals surface area contributed by atoms with E-state index in [1.807, 2.05) is 0 Å². The summed E-state index contributed by atoms with van der Waals surface area (Å²) < 4.78 is 31.0. The fraction of sp³-hybridized carbons (Fsp3) is 0.500. The monoisotopic (exact) mass is 355 g/mol. The van der Waals surface area contributed by atoms with Crippen molar-refractivity contribution in [2.45, 2.75) is 43.0 Å². The molecule has 1 aromatic carbocycles. The third-order valence-corrected chi connectivity index (χ3v) is 6.24.